The van der Waals surface area contributed by atoms with Crippen LogP contribution < -0.4 is 15.4 Å². The number of anilines is 1. The standard InChI is InChI=1S/C13H20ClN5O2/c1-7(2)21-13-17-11(14)16-12(18-13)19-6-9(10(15)20)5-4-8(19)3/h7-9H,4-6H2,1-3H3,(H2,15,20). The fourth-order valence-electron chi connectivity index (χ4n) is 2.33. The van der Waals surface area contributed by atoms with Crippen molar-refractivity contribution < 1.29 is 9.53 Å². The molecule has 1 fully saturated rings. The molecule has 1 amide bonds. The Hall–Kier alpha value is -1.63. The van der Waals surface area contributed by atoms with Crippen molar-refractivity contribution in [2.75, 3.05) is 11.4 Å². The predicted octanol–water partition coefficient (Wildman–Crippen LogP) is 1.40. The molecule has 2 rings (SSSR count). The summed E-state index contributed by atoms with van der Waals surface area (Å²) in [5.41, 5.74) is 5.41. The Balaban J connectivity index is 2.26. The van der Waals surface area contributed by atoms with E-state index in [0.29, 0.717) is 12.5 Å². The molecule has 1 aliphatic rings. The molecule has 0 aliphatic carbocycles. The number of primary amides is 1. The van der Waals surface area contributed by atoms with Crippen molar-refractivity contribution in [3.05, 3.63) is 5.28 Å². The lowest BCUT2D eigenvalue weighted by Crippen LogP contribution is -2.46. The average molecular weight is 314 g/mol. The van der Waals surface area contributed by atoms with Gasteiger partial charge in [-0.3, -0.25) is 4.79 Å². The first kappa shape index (κ1) is 15.8. The van der Waals surface area contributed by atoms with E-state index in [1.807, 2.05) is 18.7 Å². The number of nitrogens with two attached hydrogens (primary N) is 1. The number of piperidine rings is 1. The summed E-state index contributed by atoms with van der Waals surface area (Å²) in [6.45, 7) is 6.30. The van der Waals surface area contributed by atoms with E-state index in [0.717, 1.165) is 12.8 Å². The number of halogens is 1. The van der Waals surface area contributed by atoms with Gasteiger partial charge in [0.15, 0.2) is 0 Å². The highest BCUT2D eigenvalue weighted by atomic mass is 35.5. The van der Waals surface area contributed by atoms with Crippen LogP contribution in [0.4, 0.5) is 5.95 Å². The van der Waals surface area contributed by atoms with E-state index in [-0.39, 0.29) is 35.3 Å². The summed E-state index contributed by atoms with van der Waals surface area (Å²) in [7, 11) is 0. The van der Waals surface area contributed by atoms with Crippen molar-refractivity contribution in [3.63, 3.8) is 0 Å². The summed E-state index contributed by atoms with van der Waals surface area (Å²) < 4.78 is 5.47. The average Bonchev–Trinajstić information content (AvgIpc) is 2.37. The molecule has 7 nitrogen and oxygen atoms in total. The molecule has 0 saturated carbocycles. The van der Waals surface area contributed by atoms with Crippen molar-refractivity contribution >= 4 is 23.5 Å². The molecule has 2 unspecified atom stereocenters. The molecular weight excluding hydrogens is 294 g/mol. The van der Waals surface area contributed by atoms with Crippen molar-refractivity contribution in [3.8, 4) is 6.01 Å². The van der Waals surface area contributed by atoms with E-state index in [4.69, 9.17) is 22.1 Å². The number of aromatic nitrogens is 3. The van der Waals surface area contributed by atoms with Crippen molar-refractivity contribution in [1.82, 2.24) is 15.0 Å². The maximum Gasteiger partial charge on any atom is 0.322 e. The second kappa shape index (κ2) is 6.43. The first-order chi connectivity index (χ1) is 9.86. The van der Waals surface area contributed by atoms with Gasteiger partial charge in [0.25, 0.3) is 0 Å². The number of carbonyl (C=O) groups is 1. The van der Waals surface area contributed by atoms with E-state index in [2.05, 4.69) is 21.9 Å². The Morgan fingerprint density at radius 1 is 1.38 bits per heavy atom. The van der Waals surface area contributed by atoms with Crippen LogP contribution in [0.25, 0.3) is 0 Å². The minimum atomic E-state index is -0.300. The molecule has 0 bridgehead atoms. The number of carbonyl (C=O) groups excluding carboxylic acids is 1. The summed E-state index contributed by atoms with van der Waals surface area (Å²) in [4.78, 5) is 25.7. The maximum absolute atomic E-state index is 11.4. The minimum absolute atomic E-state index is 0.0616. The Morgan fingerprint density at radius 3 is 2.71 bits per heavy atom. The monoisotopic (exact) mass is 313 g/mol. The second-order valence-electron chi connectivity index (χ2n) is 5.53. The molecular formula is C13H20ClN5O2. The highest BCUT2D eigenvalue weighted by Crippen LogP contribution is 2.26. The number of amides is 1. The van der Waals surface area contributed by atoms with Crippen LogP contribution in [0.5, 0.6) is 6.01 Å². The van der Waals surface area contributed by atoms with Crippen LogP contribution >= 0.6 is 11.6 Å². The van der Waals surface area contributed by atoms with Crippen LogP contribution in [0.1, 0.15) is 33.6 Å². The van der Waals surface area contributed by atoms with Crippen molar-refractivity contribution in [2.45, 2.75) is 45.8 Å². The molecule has 21 heavy (non-hydrogen) atoms. The topological polar surface area (TPSA) is 94.2 Å². The lowest BCUT2D eigenvalue weighted by molar-refractivity contribution is -0.122. The summed E-state index contributed by atoms with van der Waals surface area (Å²) in [6, 6.07) is 0.388. The van der Waals surface area contributed by atoms with E-state index >= 15 is 0 Å². The fourth-order valence-corrected chi connectivity index (χ4v) is 2.48. The Kier molecular flexibility index (Phi) is 4.82. The third-order valence-corrected chi connectivity index (χ3v) is 3.63. The van der Waals surface area contributed by atoms with Gasteiger partial charge in [-0.1, -0.05) is 0 Å². The zero-order valence-electron chi connectivity index (χ0n) is 12.4. The molecule has 1 aromatic rings. The zero-order chi connectivity index (χ0) is 15.6. The second-order valence-corrected chi connectivity index (χ2v) is 5.87. The number of rotatable bonds is 4. The minimum Gasteiger partial charge on any atom is -0.461 e. The summed E-state index contributed by atoms with van der Waals surface area (Å²) in [5, 5.41) is 0.0732. The van der Waals surface area contributed by atoms with Crippen LogP contribution in [0.3, 0.4) is 0 Å². The lowest BCUT2D eigenvalue weighted by Gasteiger charge is -2.36. The van der Waals surface area contributed by atoms with Gasteiger partial charge in [-0.25, -0.2) is 0 Å². The van der Waals surface area contributed by atoms with Crippen molar-refractivity contribution in [2.24, 2.45) is 11.7 Å². The van der Waals surface area contributed by atoms with Gasteiger partial charge in [0.05, 0.1) is 12.0 Å². The normalized spacial score (nSPS) is 22.4. The van der Waals surface area contributed by atoms with Gasteiger partial charge in [0.2, 0.25) is 17.1 Å². The SMILES string of the molecule is CC(C)Oc1nc(Cl)nc(N2CC(C(N)=O)CCC2C)n1. The number of nitrogens with zero attached hydrogens (tertiary/aromatic N) is 4. The van der Waals surface area contributed by atoms with Crippen LogP contribution in [0, 0.1) is 5.92 Å². The predicted molar refractivity (Wildman–Crippen MR) is 79.3 cm³/mol. The molecule has 0 radical (unpaired) electrons. The number of hydrogen-bond acceptors (Lipinski definition) is 6. The Bertz CT molecular complexity index is 525. The maximum atomic E-state index is 11.4. The van der Waals surface area contributed by atoms with Gasteiger partial charge in [-0.2, -0.15) is 15.0 Å². The molecule has 2 heterocycles. The third kappa shape index (κ3) is 3.93. The molecule has 2 N–H and O–H groups in total. The van der Waals surface area contributed by atoms with Gasteiger partial charge < -0.3 is 15.4 Å². The van der Waals surface area contributed by atoms with E-state index in [1.54, 1.807) is 0 Å². The smallest absolute Gasteiger partial charge is 0.322 e. The van der Waals surface area contributed by atoms with Gasteiger partial charge in [0.1, 0.15) is 0 Å². The van der Waals surface area contributed by atoms with E-state index in [9.17, 15) is 4.79 Å². The van der Waals surface area contributed by atoms with Crippen LogP contribution in [0.2, 0.25) is 5.28 Å². The summed E-state index contributed by atoms with van der Waals surface area (Å²) >= 11 is 5.94. The molecule has 116 valence electrons. The van der Waals surface area contributed by atoms with Crippen LogP contribution in [-0.4, -0.2) is 39.5 Å². The van der Waals surface area contributed by atoms with E-state index < -0.39 is 0 Å². The molecule has 1 aliphatic heterocycles. The van der Waals surface area contributed by atoms with E-state index in [1.165, 1.54) is 0 Å². The molecule has 1 saturated heterocycles. The Labute approximate surface area is 128 Å². The molecule has 1 aromatic heterocycles. The largest absolute Gasteiger partial charge is 0.461 e. The fraction of sp³-hybridized carbons (Fsp3) is 0.692. The molecule has 8 heteroatoms. The van der Waals surface area contributed by atoms with Gasteiger partial charge in [-0.05, 0) is 45.2 Å². The lowest BCUT2D eigenvalue weighted by atomic mass is 9.93. The molecule has 0 aromatic carbocycles. The summed E-state index contributed by atoms with van der Waals surface area (Å²) in [5.74, 6) is -0.0824. The zero-order valence-corrected chi connectivity index (χ0v) is 13.2. The van der Waals surface area contributed by atoms with Gasteiger partial charge >= 0.3 is 6.01 Å². The first-order valence-electron chi connectivity index (χ1n) is 7.01. The molecule has 2 atom stereocenters. The highest BCUT2D eigenvalue weighted by Gasteiger charge is 2.30. The highest BCUT2D eigenvalue weighted by molar-refractivity contribution is 6.28. The van der Waals surface area contributed by atoms with Crippen molar-refractivity contribution in [1.29, 1.82) is 0 Å². The quantitative estimate of drug-likeness (QED) is 0.903. The van der Waals surface area contributed by atoms with Gasteiger partial charge in [-0.15, -0.1) is 0 Å². The Morgan fingerprint density at radius 2 is 2.10 bits per heavy atom. The first-order valence-corrected chi connectivity index (χ1v) is 7.38. The third-order valence-electron chi connectivity index (χ3n) is 3.46. The number of ether oxygens (including phenoxy) is 1. The molecule has 0 spiro atoms. The van der Waals surface area contributed by atoms with Crippen LogP contribution in [0.15, 0.2) is 0 Å². The van der Waals surface area contributed by atoms with Crippen LogP contribution in [-0.2, 0) is 4.79 Å². The summed E-state index contributed by atoms with van der Waals surface area (Å²) in [6.07, 6.45) is 1.56. The van der Waals surface area contributed by atoms with Gasteiger partial charge in [0, 0.05) is 12.6 Å². The number of hydrogen-bond donors (Lipinski definition) is 1.